The number of aryl methyl sites for hydroxylation is 1. The van der Waals surface area contributed by atoms with E-state index in [0.29, 0.717) is 36.6 Å². The van der Waals surface area contributed by atoms with Gasteiger partial charge in [-0.25, -0.2) is 21.6 Å². The van der Waals surface area contributed by atoms with Gasteiger partial charge in [0, 0.05) is 35.9 Å². The second kappa shape index (κ2) is 11.2. The molecule has 0 saturated carbocycles. The third kappa shape index (κ3) is 6.04. The number of anilines is 1. The largest absolute Gasteiger partial charge is 0.492 e. The number of halogens is 3. The second-order valence-electron chi connectivity index (χ2n) is 8.21. The number of sulfonamides is 1. The molecule has 4 aromatic rings. The predicted octanol–water partition coefficient (Wildman–Crippen LogP) is 4.05. The van der Waals surface area contributed by atoms with Crippen LogP contribution in [0.2, 0.25) is 0 Å². The Kier molecular flexibility index (Phi) is 8.00. The van der Waals surface area contributed by atoms with Crippen LogP contribution in [0.1, 0.15) is 24.3 Å². The molecule has 0 aliphatic rings. The van der Waals surface area contributed by atoms with Crippen LogP contribution in [0.5, 0.6) is 5.75 Å². The van der Waals surface area contributed by atoms with Gasteiger partial charge in [-0.15, -0.1) is 0 Å². The smallest absolute Gasteiger partial charge is 0.264 e. The zero-order valence-electron chi connectivity index (χ0n) is 19.8. The van der Waals surface area contributed by atoms with Crippen molar-refractivity contribution in [3.8, 4) is 5.75 Å². The maximum Gasteiger partial charge on any atom is 0.264 e. The van der Waals surface area contributed by atoms with Crippen molar-refractivity contribution in [1.82, 2.24) is 15.5 Å². The third-order valence-corrected chi connectivity index (χ3v) is 7.06. The maximum atomic E-state index is 14.0. The number of hydrogen-bond acceptors (Lipinski definition) is 6. The molecule has 196 valence electrons. The molecule has 0 amide bonds. The number of aromatic amines is 1. The quantitative estimate of drug-likeness (QED) is 0.171. The zero-order chi connectivity index (χ0) is 26.6. The Morgan fingerprint density at radius 2 is 1.89 bits per heavy atom. The van der Waals surface area contributed by atoms with Crippen molar-refractivity contribution < 1.29 is 31.4 Å². The first-order chi connectivity index (χ1) is 17.7. The van der Waals surface area contributed by atoms with Crippen LogP contribution < -0.4 is 14.8 Å². The Morgan fingerprint density at radius 1 is 1.08 bits per heavy atom. The number of aromatic nitrogens is 2. The van der Waals surface area contributed by atoms with Gasteiger partial charge in [-0.2, -0.15) is 5.10 Å². The van der Waals surface area contributed by atoms with Gasteiger partial charge in [-0.1, -0.05) is 19.1 Å². The number of benzene rings is 3. The lowest BCUT2D eigenvalue weighted by Gasteiger charge is -2.15. The first kappa shape index (κ1) is 26.5. The minimum absolute atomic E-state index is 0.0176. The van der Waals surface area contributed by atoms with Crippen LogP contribution in [0.25, 0.3) is 10.9 Å². The van der Waals surface area contributed by atoms with Crippen molar-refractivity contribution in [3.05, 3.63) is 83.3 Å². The predicted molar refractivity (Wildman–Crippen MR) is 132 cm³/mol. The van der Waals surface area contributed by atoms with E-state index in [1.54, 1.807) is 6.07 Å². The third-order valence-electron chi connectivity index (χ3n) is 5.66. The minimum atomic E-state index is -4.54. The van der Waals surface area contributed by atoms with Crippen molar-refractivity contribution in [2.75, 3.05) is 24.4 Å². The summed E-state index contributed by atoms with van der Waals surface area (Å²) < 4.78 is 73.4. The molecular weight excluding hydrogens is 509 g/mol. The number of nitrogens with one attached hydrogen (secondary N) is 3. The van der Waals surface area contributed by atoms with Crippen LogP contribution in [0, 0.1) is 17.5 Å². The number of nitrogens with zero attached hydrogens (tertiary/aromatic N) is 1. The lowest BCUT2D eigenvalue weighted by Crippen LogP contribution is -2.26. The van der Waals surface area contributed by atoms with Gasteiger partial charge in [0.1, 0.15) is 17.3 Å². The molecule has 37 heavy (non-hydrogen) atoms. The van der Waals surface area contributed by atoms with E-state index in [-0.39, 0.29) is 12.2 Å². The SMILES string of the molecule is CCc1[nH]nc2cc(OCCNC[C@H](O)c3cccc(NS(=O)(=O)c4ccc(F)c(F)c4F)c3)ccc12. The summed E-state index contributed by atoms with van der Waals surface area (Å²) in [5, 5.41) is 21.9. The van der Waals surface area contributed by atoms with Crippen LogP contribution >= 0.6 is 0 Å². The van der Waals surface area contributed by atoms with E-state index in [1.807, 2.05) is 25.1 Å². The molecule has 4 N–H and O–H groups in total. The van der Waals surface area contributed by atoms with E-state index in [2.05, 4.69) is 20.2 Å². The van der Waals surface area contributed by atoms with Crippen molar-refractivity contribution >= 4 is 26.6 Å². The lowest BCUT2D eigenvalue weighted by molar-refractivity contribution is 0.172. The number of fused-ring (bicyclic) bond motifs is 1. The summed E-state index contributed by atoms with van der Waals surface area (Å²) in [5.41, 5.74) is 2.28. The van der Waals surface area contributed by atoms with Crippen LogP contribution in [-0.4, -0.2) is 43.4 Å². The van der Waals surface area contributed by atoms with Crippen LogP contribution in [0.15, 0.2) is 59.5 Å². The molecule has 8 nitrogen and oxygen atoms in total. The second-order valence-corrected chi connectivity index (χ2v) is 9.86. The Hall–Kier alpha value is -3.61. The molecule has 0 spiro atoms. The minimum Gasteiger partial charge on any atom is -0.492 e. The Balaban J connectivity index is 1.30. The van der Waals surface area contributed by atoms with Crippen LogP contribution in [-0.2, 0) is 16.4 Å². The Morgan fingerprint density at radius 3 is 2.68 bits per heavy atom. The molecule has 1 heterocycles. The number of aliphatic hydroxyl groups excluding tert-OH is 1. The Bertz CT molecular complexity index is 1510. The highest BCUT2D eigenvalue weighted by atomic mass is 32.2. The molecule has 3 aromatic carbocycles. The molecule has 0 radical (unpaired) electrons. The summed E-state index contributed by atoms with van der Waals surface area (Å²) in [7, 11) is -4.54. The molecule has 4 rings (SSSR count). The zero-order valence-corrected chi connectivity index (χ0v) is 20.6. The lowest BCUT2D eigenvalue weighted by atomic mass is 10.1. The topological polar surface area (TPSA) is 116 Å². The highest BCUT2D eigenvalue weighted by molar-refractivity contribution is 7.92. The van der Waals surface area contributed by atoms with Gasteiger partial charge in [-0.05, 0) is 48.4 Å². The van der Waals surface area contributed by atoms with E-state index < -0.39 is 38.5 Å². The molecule has 0 fully saturated rings. The number of rotatable bonds is 11. The number of aliphatic hydroxyl groups is 1. The summed E-state index contributed by atoms with van der Waals surface area (Å²) in [4.78, 5) is -1.03. The van der Waals surface area contributed by atoms with E-state index >= 15 is 0 Å². The standard InChI is InChI=1S/C25H25F3N4O4S/c1-2-20-18-7-6-17(13-21(18)31-30-20)36-11-10-29-14-22(33)15-4-3-5-16(12-15)32-37(34,35)23-9-8-19(26)24(27)25(23)28/h3-9,12-13,22,29,32-33H,2,10-11,14H2,1H3,(H,30,31)/t22-/m0/s1. The van der Waals surface area contributed by atoms with Gasteiger partial charge in [0.25, 0.3) is 10.0 Å². The summed E-state index contributed by atoms with van der Waals surface area (Å²) >= 11 is 0. The van der Waals surface area contributed by atoms with E-state index in [0.717, 1.165) is 23.0 Å². The molecule has 0 aliphatic heterocycles. The van der Waals surface area contributed by atoms with E-state index in [4.69, 9.17) is 4.74 Å². The fourth-order valence-electron chi connectivity index (χ4n) is 3.74. The molecule has 1 aromatic heterocycles. The monoisotopic (exact) mass is 534 g/mol. The van der Waals surface area contributed by atoms with Gasteiger partial charge >= 0.3 is 0 Å². The van der Waals surface area contributed by atoms with Gasteiger partial charge in [-0.3, -0.25) is 9.82 Å². The molecule has 0 aliphatic carbocycles. The van der Waals surface area contributed by atoms with E-state index in [1.165, 1.54) is 18.2 Å². The van der Waals surface area contributed by atoms with Crippen molar-refractivity contribution in [1.29, 1.82) is 0 Å². The summed E-state index contributed by atoms with van der Waals surface area (Å²) in [6, 6.07) is 12.7. The average molecular weight is 535 g/mol. The van der Waals surface area contributed by atoms with Crippen LogP contribution in [0.4, 0.5) is 18.9 Å². The van der Waals surface area contributed by atoms with Crippen molar-refractivity contribution in [3.63, 3.8) is 0 Å². The maximum absolute atomic E-state index is 14.0. The molecule has 1 atom stereocenters. The highest BCUT2D eigenvalue weighted by Gasteiger charge is 2.24. The van der Waals surface area contributed by atoms with Gasteiger partial charge < -0.3 is 15.2 Å². The van der Waals surface area contributed by atoms with Crippen molar-refractivity contribution in [2.24, 2.45) is 0 Å². The van der Waals surface area contributed by atoms with Gasteiger partial charge in [0.05, 0.1) is 11.6 Å². The normalized spacial score (nSPS) is 12.6. The summed E-state index contributed by atoms with van der Waals surface area (Å²) in [6.07, 6.45) is -0.137. The van der Waals surface area contributed by atoms with Gasteiger partial charge in [0.2, 0.25) is 0 Å². The summed E-state index contributed by atoms with van der Waals surface area (Å²) in [5.74, 6) is -4.52. The Labute approximate surface area is 211 Å². The fourth-order valence-corrected chi connectivity index (χ4v) is 4.86. The fraction of sp³-hybridized carbons (Fsp3) is 0.240. The van der Waals surface area contributed by atoms with Gasteiger partial charge in [0.15, 0.2) is 17.5 Å². The first-order valence-electron chi connectivity index (χ1n) is 11.4. The molecule has 0 unspecified atom stereocenters. The molecular formula is C25H25F3N4O4S. The van der Waals surface area contributed by atoms with Crippen molar-refractivity contribution in [2.45, 2.75) is 24.3 Å². The number of H-pyrrole nitrogens is 1. The first-order valence-corrected chi connectivity index (χ1v) is 12.9. The average Bonchev–Trinajstić information content (AvgIpc) is 3.29. The van der Waals surface area contributed by atoms with Crippen LogP contribution in [0.3, 0.4) is 0 Å². The molecule has 12 heteroatoms. The molecule has 0 bridgehead atoms. The van der Waals surface area contributed by atoms with E-state index in [9.17, 15) is 26.7 Å². The summed E-state index contributed by atoms with van der Waals surface area (Å²) in [6.45, 7) is 2.96. The number of ether oxygens (including phenoxy) is 1. The molecule has 0 saturated heterocycles. The number of hydrogen-bond donors (Lipinski definition) is 4. The highest BCUT2D eigenvalue weighted by Crippen LogP contribution is 2.25.